The van der Waals surface area contributed by atoms with Gasteiger partial charge in [-0.1, -0.05) is 11.6 Å². The average molecular weight is 151 g/mol. The molecule has 1 N–H and O–H groups in total. The number of carboxylic acid groups (broad SMARTS) is 1. The van der Waals surface area contributed by atoms with E-state index in [0.717, 1.165) is 0 Å². The van der Waals surface area contributed by atoms with Gasteiger partial charge in [0.1, 0.15) is 5.76 Å². The van der Waals surface area contributed by atoms with Gasteiger partial charge in [0.2, 0.25) is 0 Å². The summed E-state index contributed by atoms with van der Waals surface area (Å²) >= 11 is 5.22. The van der Waals surface area contributed by atoms with Crippen molar-refractivity contribution in [1.82, 2.24) is 0 Å². The molecule has 0 amide bonds. The number of allylic oxidation sites excluding steroid dienone is 1. The molecule has 0 spiro atoms. The van der Waals surface area contributed by atoms with E-state index in [2.05, 4.69) is 4.74 Å². The Morgan fingerprint density at radius 1 is 1.67 bits per heavy atom. The van der Waals surface area contributed by atoms with Crippen LogP contribution in [0.25, 0.3) is 0 Å². The van der Waals surface area contributed by atoms with Crippen LogP contribution in [0.2, 0.25) is 0 Å². The maximum Gasteiger partial charge on any atom is 0.350 e. The summed E-state index contributed by atoms with van der Waals surface area (Å²) < 4.78 is 4.54. The highest BCUT2D eigenvalue weighted by Crippen LogP contribution is 2.08. The van der Waals surface area contributed by atoms with Crippen LogP contribution in [0, 0.1) is 0 Å². The minimum atomic E-state index is -1.17. The molecule has 0 atom stereocenters. The third-order valence-electron chi connectivity index (χ3n) is 0.803. The summed E-state index contributed by atoms with van der Waals surface area (Å²) in [5.41, 5.74) is 0. The third kappa shape index (κ3) is 2.37. The summed E-state index contributed by atoms with van der Waals surface area (Å²) in [4.78, 5) is 10.0. The molecule has 0 aromatic rings. The average Bonchev–Trinajstić information content (AvgIpc) is 1.84. The van der Waals surface area contributed by atoms with Crippen molar-refractivity contribution < 1.29 is 14.6 Å². The molecule has 0 bridgehead atoms. The second kappa shape index (κ2) is 3.35. The van der Waals surface area contributed by atoms with Crippen LogP contribution in [-0.4, -0.2) is 18.2 Å². The summed E-state index contributed by atoms with van der Waals surface area (Å²) in [6.45, 7) is 1.48. The van der Waals surface area contributed by atoms with Crippen LogP contribution in [0.3, 0.4) is 0 Å². The van der Waals surface area contributed by atoms with Gasteiger partial charge in [0.05, 0.1) is 7.11 Å². The molecule has 0 rings (SSSR count). The predicted octanol–water partition coefficient (Wildman–Crippen LogP) is 1.19. The number of ether oxygens (including phenoxy) is 1. The molecular formula is C5H7ClO3. The highest BCUT2D eigenvalue weighted by atomic mass is 35.5. The fraction of sp³-hybridized carbons (Fsp3) is 0.400. The fourth-order valence-corrected chi connectivity index (χ4v) is 0.317. The van der Waals surface area contributed by atoms with Crippen LogP contribution in [0.1, 0.15) is 6.92 Å². The van der Waals surface area contributed by atoms with Crippen molar-refractivity contribution in [3.8, 4) is 0 Å². The summed E-state index contributed by atoms with van der Waals surface area (Å²) in [7, 11) is 1.36. The molecule has 4 heteroatoms. The molecule has 52 valence electrons. The lowest BCUT2D eigenvalue weighted by Gasteiger charge is -1.97. The van der Waals surface area contributed by atoms with Gasteiger partial charge in [-0.15, -0.1) is 0 Å². The number of rotatable bonds is 2. The molecular weight excluding hydrogens is 144 g/mol. The minimum absolute atomic E-state index is 0.212. The van der Waals surface area contributed by atoms with E-state index in [0.29, 0.717) is 0 Å². The Morgan fingerprint density at radius 3 is 2.22 bits per heavy atom. The first-order chi connectivity index (χ1) is 4.09. The second-order valence-electron chi connectivity index (χ2n) is 1.38. The number of carbonyl (C=O) groups is 1. The van der Waals surface area contributed by atoms with Gasteiger partial charge >= 0.3 is 5.97 Å². The first-order valence-electron chi connectivity index (χ1n) is 2.23. The molecule has 0 heterocycles. The number of halogens is 1. The van der Waals surface area contributed by atoms with E-state index >= 15 is 0 Å². The highest BCUT2D eigenvalue weighted by Gasteiger charge is 2.06. The van der Waals surface area contributed by atoms with E-state index in [1.54, 1.807) is 0 Å². The van der Waals surface area contributed by atoms with Crippen LogP contribution in [0.4, 0.5) is 0 Å². The maximum absolute atomic E-state index is 10.0. The Morgan fingerprint density at radius 2 is 2.11 bits per heavy atom. The quantitative estimate of drug-likeness (QED) is 0.475. The number of hydrogen-bond donors (Lipinski definition) is 1. The van der Waals surface area contributed by atoms with Crippen molar-refractivity contribution >= 4 is 17.6 Å². The Bertz CT molecular complexity index is 150. The molecule has 0 saturated carbocycles. The van der Waals surface area contributed by atoms with Crippen molar-refractivity contribution in [2.24, 2.45) is 0 Å². The van der Waals surface area contributed by atoms with Crippen molar-refractivity contribution in [1.29, 1.82) is 0 Å². The standard InChI is InChI=1S/C5H7ClO3/c1-3(9-2)4(6)5(7)8/h1-2H3,(H,7,8). The van der Waals surface area contributed by atoms with Crippen LogP contribution >= 0.6 is 11.6 Å². The molecule has 0 fully saturated rings. The summed E-state index contributed by atoms with van der Waals surface area (Å²) in [5.74, 6) is -0.958. The monoisotopic (exact) mass is 150 g/mol. The number of hydrogen-bond acceptors (Lipinski definition) is 2. The smallest absolute Gasteiger partial charge is 0.350 e. The van der Waals surface area contributed by atoms with Gasteiger partial charge < -0.3 is 9.84 Å². The van der Waals surface area contributed by atoms with Crippen molar-refractivity contribution in [3.05, 3.63) is 10.8 Å². The molecule has 9 heavy (non-hydrogen) atoms. The zero-order valence-corrected chi connectivity index (χ0v) is 5.90. The summed E-state index contributed by atoms with van der Waals surface area (Å²) in [6, 6.07) is 0. The van der Waals surface area contributed by atoms with E-state index in [9.17, 15) is 4.79 Å². The van der Waals surface area contributed by atoms with Crippen molar-refractivity contribution in [3.63, 3.8) is 0 Å². The van der Waals surface area contributed by atoms with E-state index in [1.807, 2.05) is 0 Å². The minimum Gasteiger partial charge on any atom is -0.500 e. The molecule has 0 aliphatic carbocycles. The fourth-order valence-electron chi connectivity index (χ4n) is 0.240. The SMILES string of the molecule is COC(C)=C(Cl)C(=O)O. The maximum atomic E-state index is 10.0. The van der Waals surface area contributed by atoms with Gasteiger partial charge in [0.25, 0.3) is 0 Å². The molecule has 0 radical (unpaired) electrons. The van der Waals surface area contributed by atoms with Crippen molar-refractivity contribution in [2.75, 3.05) is 7.11 Å². The van der Waals surface area contributed by atoms with Crippen LogP contribution in [-0.2, 0) is 9.53 Å². The van der Waals surface area contributed by atoms with Crippen LogP contribution < -0.4 is 0 Å². The Balaban J connectivity index is 4.28. The molecule has 0 aromatic heterocycles. The number of carboxylic acids is 1. The highest BCUT2D eigenvalue weighted by molar-refractivity contribution is 6.41. The zero-order valence-electron chi connectivity index (χ0n) is 5.14. The lowest BCUT2D eigenvalue weighted by molar-refractivity contribution is -0.132. The van der Waals surface area contributed by atoms with E-state index in [1.165, 1.54) is 14.0 Å². The van der Waals surface area contributed by atoms with E-state index in [4.69, 9.17) is 16.7 Å². The van der Waals surface area contributed by atoms with E-state index < -0.39 is 5.97 Å². The number of methoxy groups -OCH3 is 1. The first-order valence-corrected chi connectivity index (χ1v) is 2.61. The van der Waals surface area contributed by atoms with E-state index in [-0.39, 0.29) is 10.8 Å². The Hall–Kier alpha value is -0.700. The summed E-state index contributed by atoms with van der Waals surface area (Å²) in [5, 5.41) is 7.93. The van der Waals surface area contributed by atoms with Gasteiger partial charge in [-0.05, 0) is 6.92 Å². The second-order valence-corrected chi connectivity index (χ2v) is 1.76. The zero-order chi connectivity index (χ0) is 7.44. The lowest BCUT2D eigenvalue weighted by atomic mass is 10.5. The van der Waals surface area contributed by atoms with Gasteiger partial charge in [-0.25, -0.2) is 4.79 Å². The Labute approximate surface area is 57.9 Å². The molecule has 0 unspecified atom stereocenters. The molecule has 0 aromatic carbocycles. The molecule has 3 nitrogen and oxygen atoms in total. The van der Waals surface area contributed by atoms with Crippen LogP contribution in [0.15, 0.2) is 10.8 Å². The van der Waals surface area contributed by atoms with Gasteiger partial charge in [0, 0.05) is 0 Å². The summed E-state index contributed by atoms with van der Waals surface area (Å²) in [6.07, 6.45) is 0. The normalized spacial score (nSPS) is 12.3. The molecule has 0 aliphatic heterocycles. The molecule has 0 saturated heterocycles. The number of aliphatic carboxylic acids is 1. The predicted molar refractivity (Wildman–Crippen MR) is 33.2 cm³/mol. The third-order valence-corrected chi connectivity index (χ3v) is 1.23. The lowest BCUT2D eigenvalue weighted by Crippen LogP contribution is -1.97. The van der Waals surface area contributed by atoms with Gasteiger partial charge in [0.15, 0.2) is 5.03 Å². The largest absolute Gasteiger partial charge is 0.500 e. The van der Waals surface area contributed by atoms with Crippen molar-refractivity contribution in [2.45, 2.75) is 6.92 Å². The molecule has 0 aliphatic rings. The van der Waals surface area contributed by atoms with Gasteiger partial charge in [-0.3, -0.25) is 0 Å². The first kappa shape index (κ1) is 8.30. The van der Waals surface area contributed by atoms with Crippen LogP contribution in [0.5, 0.6) is 0 Å². The Kier molecular flexibility index (Phi) is 3.09. The topological polar surface area (TPSA) is 46.5 Å². The van der Waals surface area contributed by atoms with Gasteiger partial charge in [-0.2, -0.15) is 0 Å².